The highest BCUT2D eigenvalue weighted by atomic mass is 32.2. The van der Waals surface area contributed by atoms with Gasteiger partial charge in [0.2, 0.25) is 0 Å². The van der Waals surface area contributed by atoms with E-state index in [9.17, 15) is 39.5 Å². The lowest BCUT2D eigenvalue weighted by atomic mass is 10.3. The molecule has 0 amide bonds. The van der Waals surface area contributed by atoms with Gasteiger partial charge in [-0.15, -0.1) is 0 Å². The highest BCUT2D eigenvalue weighted by molar-refractivity contribution is 7.87. The molecule has 0 aliphatic heterocycles. The molecule has 198 valence electrons. The average Bonchev–Trinajstić information content (AvgIpc) is 2.20. The Bertz CT molecular complexity index is 648. The van der Waals surface area contributed by atoms with Gasteiger partial charge in [0.05, 0.1) is 0 Å². The molecule has 0 unspecified atom stereocenters. The summed E-state index contributed by atoms with van der Waals surface area (Å²) in [4.78, 5) is 0. The maximum atomic E-state index is 10.7. The van der Waals surface area contributed by atoms with E-state index in [4.69, 9.17) is 54.0 Å². The van der Waals surface area contributed by atoms with Crippen LogP contribution in [0, 0.1) is 0 Å². The van der Waals surface area contributed by atoms with Gasteiger partial charge in [-0.05, 0) is 0 Å². The first-order valence-electron chi connectivity index (χ1n) is 4.64. The van der Waals surface area contributed by atoms with Gasteiger partial charge in [0.15, 0.2) is 0 Å². The molecule has 28 heteroatoms. The standard InChI is InChI=1S/3CHF3O3S.BH3O3.3H2S/c3*2-1(3,4)8(5,6)7;2-1(3)4;;;/h3*(H,5,6,7);2-4H;3*1H2. The van der Waals surface area contributed by atoms with E-state index < -0.39 is 54.2 Å². The zero-order chi connectivity index (χ0) is 24.6. The number of hydrogen-bond donors (Lipinski definition) is 6. The van der Waals surface area contributed by atoms with Gasteiger partial charge in [-0.3, -0.25) is 13.7 Å². The molecular formula is C3H12BF9O12S6. The van der Waals surface area contributed by atoms with Crippen LogP contribution >= 0.6 is 40.5 Å². The van der Waals surface area contributed by atoms with Gasteiger partial charge in [-0.1, -0.05) is 0 Å². The predicted octanol–water partition coefficient (Wildman–Crippen LogP) is -0.531. The summed E-state index contributed by atoms with van der Waals surface area (Å²) < 4.78 is 173. The summed E-state index contributed by atoms with van der Waals surface area (Å²) in [6.07, 6.45) is 0. The Balaban J connectivity index is -0.0000000492. The second-order valence-electron chi connectivity index (χ2n) is 3.11. The third-order valence-corrected chi connectivity index (χ3v) is 2.63. The summed E-state index contributed by atoms with van der Waals surface area (Å²) in [7, 11) is -19.7. The van der Waals surface area contributed by atoms with Gasteiger partial charge >= 0.3 is 54.2 Å². The molecule has 0 spiro atoms. The largest absolute Gasteiger partial charge is 0.631 e. The molecule has 0 bridgehead atoms. The minimum absolute atomic E-state index is 0. The minimum Gasteiger partial charge on any atom is -0.402 e. The maximum Gasteiger partial charge on any atom is 0.631 e. The third-order valence-electron chi connectivity index (χ3n) is 0.877. The molecular weight excluding hydrogens is 602 g/mol. The first-order valence-corrected chi connectivity index (χ1v) is 8.96. The summed E-state index contributed by atoms with van der Waals surface area (Å²) in [5.74, 6) is 0. The van der Waals surface area contributed by atoms with Crippen LogP contribution in [0.5, 0.6) is 0 Å². The van der Waals surface area contributed by atoms with Crippen molar-refractivity contribution in [1.82, 2.24) is 0 Å². The van der Waals surface area contributed by atoms with Crippen LogP contribution in [0.1, 0.15) is 0 Å². The number of hydrogen-bond acceptors (Lipinski definition) is 9. The fraction of sp³-hybridized carbons (Fsp3) is 1.00. The Labute approximate surface area is 188 Å². The molecule has 0 radical (unpaired) electrons. The fourth-order valence-electron chi connectivity index (χ4n) is 0. The Kier molecular flexibility index (Phi) is 26.1. The Hall–Kier alpha value is 0.0949. The first kappa shape index (κ1) is 48.5. The molecule has 12 nitrogen and oxygen atoms in total. The summed E-state index contributed by atoms with van der Waals surface area (Å²) in [5, 5.41) is 21.5. The normalized spacial score (nSPS) is 11.7. The molecule has 0 aromatic rings. The van der Waals surface area contributed by atoms with Crippen molar-refractivity contribution in [2.75, 3.05) is 0 Å². The lowest BCUT2D eigenvalue weighted by Gasteiger charge is -1.97. The number of rotatable bonds is 0. The van der Waals surface area contributed by atoms with Gasteiger partial charge in [0.25, 0.3) is 0 Å². The van der Waals surface area contributed by atoms with Gasteiger partial charge in [0, 0.05) is 0 Å². The van der Waals surface area contributed by atoms with E-state index in [0.717, 1.165) is 0 Å². The average molecular weight is 614 g/mol. The fourth-order valence-corrected chi connectivity index (χ4v) is 0. The molecule has 0 saturated carbocycles. The van der Waals surface area contributed by atoms with E-state index in [-0.39, 0.29) is 40.5 Å². The van der Waals surface area contributed by atoms with Crippen molar-refractivity contribution >= 4 is 78.2 Å². The van der Waals surface area contributed by atoms with Crippen LogP contribution in [-0.2, 0) is 30.4 Å². The zero-order valence-electron chi connectivity index (χ0n) is 13.3. The van der Waals surface area contributed by atoms with Crippen molar-refractivity contribution in [2.45, 2.75) is 16.5 Å². The Morgan fingerprint density at radius 3 is 0.484 bits per heavy atom. The van der Waals surface area contributed by atoms with Gasteiger partial charge < -0.3 is 15.1 Å². The smallest absolute Gasteiger partial charge is 0.402 e. The molecule has 0 saturated heterocycles. The van der Waals surface area contributed by atoms with E-state index in [1.165, 1.54) is 0 Å². The quantitative estimate of drug-likeness (QED) is 0.0877. The first-order chi connectivity index (χ1) is 11.5. The molecule has 0 aliphatic rings. The molecule has 0 aromatic heterocycles. The predicted molar refractivity (Wildman–Crippen MR) is 96.4 cm³/mol. The van der Waals surface area contributed by atoms with E-state index in [0.29, 0.717) is 0 Å². The highest BCUT2D eigenvalue weighted by Crippen LogP contribution is 2.21. The monoisotopic (exact) mass is 614 g/mol. The minimum atomic E-state index is -5.84. The summed E-state index contributed by atoms with van der Waals surface area (Å²) >= 11 is 0. The SMILES string of the molecule is O=S(=O)(O)C(F)(F)F.O=S(=O)(O)C(F)(F)F.O=S(=O)(O)C(F)(F)F.OB(O)O.S.S.S. The molecule has 0 atom stereocenters. The second kappa shape index (κ2) is 16.7. The molecule has 0 aliphatic carbocycles. The van der Waals surface area contributed by atoms with Crippen molar-refractivity contribution in [3.05, 3.63) is 0 Å². The van der Waals surface area contributed by atoms with Crippen LogP contribution in [0.3, 0.4) is 0 Å². The summed E-state index contributed by atoms with van der Waals surface area (Å²) in [5.41, 5.74) is -16.6. The zero-order valence-corrected chi connectivity index (χ0v) is 18.8. The van der Waals surface area contributed by atoms with E-state index in [1.54, 1.807) is 0 Å². The third kappa shape index (κ3) is 32.4. The van der Waals surface area contributed by atoms with Crippen molar-refractivity contribution in [1.29, 1.82) is 0 Å². The van der Waals surface area contributed by atoms with Crippen LogP contribution in [-0.4, -0.2) is 77.8 Å². The molecule has 0 heterocycles. The van der Waals surface area contributed by atoms with Crippen LogP contribution in [0.2, 0.25) is 0 Å². The lowest BCUT2D eigenvalue weighted by Crippen LogP contribution is -2.21. The van der Waals surface area contributed by atoms with E-state index >= 15 is 0 Å². The molecule has 6 N–H and O–H groups in total. The number of halogens is 9. The van der Waals surface area contributed by atoms with E-state index in [2.05, 4.69) is 0 Å². The highest BCUT2D eigenvalue weighted by Gasteiger charge is 2.45. The number of alkyl halides is 9. The van der Waals surface area contributed by atoms with Crippen LogP contribution in [0.4, 0.5) is 39.5 Å². The topological polar surface area (TPSA) is 224 Å². The van der Waals surface area contributed by atoms with Crippen LogP contribution in [0.25, 0.3) is 0 Å². The molecule has 0 fully saturated rings. The van der Waals surface area contributed by atoms with Gasteiger partial charge in [0.1, 0.15) is 0 Å². The summed E-state index contributed by atoms with van der Waals surface area (Å²) in [6, 6.07) is 0. The summed E-state index contributed by atoms with van der Waals surface area (Å²) in [6.45, 7) is 0. The van der Waals surface area contributed by atoms with Crippen molar-refractivity contribution in [3.8, 4) is 0 Å². The Morgan fingerprint density at radius 1 is 0.452 bits per heavy atom. The van der Waals surface area contributed by atoms with Crippen LogP contribution in [0.15, 0.2) is 0 Å². The second-order valence-corrected chi connectivity index (χ2v) is 7.35. The molecule has 31 heavy (non-hydrogen) atoms. The Morgan fingerprint density at radius 2 is 0.484 bits per heavy atom. The van der Waals surface area contributed by atoms with Gasteiger partial charge in [-0.2, -0.15) is 105 Å². The molecule has 0 rings (SSSR count). The van der Waals surface area contributed by atoms with Gasteiger partial charge in [-0.25, -0.2) is 0 Å². The maximum absolute atomic E-state index is 10.7. The molecule has 0 aromatic carbocycles. The van der Waals surface area contributed by atoms with Crippen LogP contribution < -0.4 is 0 Å². The van der Waals surface area contributed by atoms with E-state index in [1.807, 2.05) is 0 Å². The van der Waals surface area contributed by atoms with Crippen molar-refractivity contribution in [2.24, 2.45) is 0 Å². The van der Waals surface area contributed by atoms with Crippen molar-refractivity contribution < 1.29 is 93.5 Å². The lowest BCUT2D eigenvalue weighted by molar-refractivity contribution is -0.0514. The van der Waals surface area contributed by atoms with Crippen molar-refractivity contribution in [3.63, 3.8) is 0 Å².